The number of ether oxygens (including phenoxy) is 1. The molecule has 0 saturated heterocycles. The molecule has 1 aromatic heterocycles. The maximum absolute atomic E-state index is 5.70. The molecule has 5 heteroatoms. The number of nitrogens with zero attached hydrogens (tertiary/aromatic N) is 2. The number of nitrogens with one attached hydrogen (secondary N) is 2. The average molecular weight is 288 g/mol. The van der Waals surface area contributed by atoms with E-state index in [0.29, 0.717) is 5.92 Å². The van der Waals surface area contributed by atoms with Gasteiger partial charge in [-0.1, -0.05) is 26.0 Å². The predicted molar refractivity (Wildman–Crippen MR) is 83.1 cm³/mol. The molecule has 1 aromatic carbocycles. The highest BCUT2D eigenvalue weighted by Gasteiger charge is 2.13. The number of aromatic nitrogens is 3. The van der Waals surface area contributed by atoms with Crippen molar-refractivity contribution in [2.75, 3.05) is 6.61 Å². The van der Waals surface area contributed by atoms with E-state index in [1.165, 1.54) is 11.9 Å². The summed E-state index contributed by atoms with van der Waals surface area (Å²) in [5.41, 5.74) is 1.22. The van der Waals surface area contributed by atoms with E-state index >= 15 is 0 Å². The minimum atomic E-state index is 0.124. The van der Waals surface area contributed by atoms with Gasteiger partial charge < -0.3 is 10.1 Å². The molecule has 0 radical (unpaired) electrons. The van der Waals surface area contributed by atoms with Crippen molar-refractivity contribution in [2.24, 2.45) is 5.92 Å². The number of aromatic amines is 1. The first kappa shape index (κ1) is 15.5. The van der Waals surface area contributed by atoms with Crippen molar-refractivity contribution in [3.63, 3.8) is 0 Å². The third-order valence-corrected chi connectivity index (χ3v) is 3.31. The van der Waals surface area contributed by atoms with Gasteiger partial charge in [-0.15, -0.1) is 0 Å². The van der Waals surface area contributed by atoms with Gasteiger partial charge in [-0.2, -0.15) is 5.10 Å². The fraction of sp³-hybridized carbons (Fsp3) is 0.500. The minimum absolute atomic E-state index is 0.124. The Morgan fingerprint density at radius 2 is 1.81 bits per heavy atom. The van der Waals surface area contributed by atoms with Gasteiger partial charge in [-0.05, 0) is 37.5 Å². The van der Waals surface area contributed by atoms with E-state index in [4.69, 9.17) is 4.74 Å². The third kappa shape index (κ3) is 4.56. The van der Waals surface area contributed by atoms with Crippen molar-refractivity contribution in [1.82, 2.24) is 20.5 Å². The van der Waals surface area contributed by atoms with Crippen LogP contribution in [0.4, 0.5) is 0 Å². The first-order valence-electron chi connectivity index (χ1n) is 7.40. The number of hydrogen-bond acceptors (Lipinski definition) is 4. The summed E-state index contributed by atoms with van der Waals surface area (Å²) in [5, 5.41) is 10.3. The molecule has 2 unspecified atom stereocenters. The summed E-state index contributed by atoms with van der Waals surface area (Å²) >= 11 is 0. The molecule has 0 aliphatic carbocycles. The molecular formula is C16H24N4O. The maximum Gasteiger partial charge on any atom is 0.141 e. The normalized spacial score (nSPS) is 14.1. The topological polar surface area (TPSA) is 62.8 Å². The number of H-pyrrole nitrogens is 1. The summed E-state index contributed by atoms with van der Waals surface area (Å²) in [5.74, 6) is 2.30. The summed E-state index contributed by atoms with van der Waals surface area (Å²) in [7, 11) is 0. The van der Waals surface area contributed by atoms with E-state index in [2.05, 4.69) is 60.3 Å². The molecule has 0 fully saturated rings. The average Bonchev–Trinajstić information content (AvgIpc) is 3.00. The second-order valence-electron chi connectivity index (χ2n) is 5.75. The molecule has 2 N–H and O–H groups in total. The molecule has 2 aromatic rings. The second-order valence-corrected chi connectivity index (χ2v) is 5.75. The summed E-state index contributed by atoms with van der Waals surface area (Å²) in [4.78, 5) is 4.17. The summed E-state index contributed by atoms with van der Waals surface area (Å²) in [6.45, 7) is 9.24. The lowest BCUT2D eigenvalue weighted by Gasteiger charge is -2.19. The zero-order valence-electron chi connectivity index (χ0n) is 13.1. The molecular weight excluding hydrogens is 264 g/mol. The quantitative estimate of drug-likeness (QED) is 0.821. The molecule has 2 rings (SSSR count). The van der Waals surface area contributed by atoms with E-state index in [9.17, 15) is 0 Å². The minimum Gasteiger partial charge on any atom is -0.493 e. The molecule has 0 aliphatic heterocycles. The van der Waals surface area contributed by atoms with Crippen molar-refractivity contribution < 1.29 is 4.74 Å². The van der Waals surface area contributed by atoms with Gasteiger partial charge >= 0.3 is 0 Å². The van der Waals surface area contributed by atoms with Gasteiger partial charge in [-0.25, -0.2) is 4.98 Å². The van der Waals surface area contributed by atoms with E-state index in [1.54, 1.807) is 0 Å². The molecule has 0 spiro atoms. The first-order chi connectivity index (χ1) is 10.1. The smallest absolute Gasteiger partial charge is 0.141 e. The van der Waals surface area contributed by atoms with Crippen LogP contribution in [0.1, 0.15) is 51.2 Å². The van der Waals surface area contributed by atoms with Crippen LogP contribution in [0.25, 0.3) is 0 Å². The van der Waals surface area contributed by atoms with Crippen LogP contribution in [0.15, 0.2) is 30.6 Å². The first-order valence-corrected chi connectivity index (χ1v) is 7.40. The van der Waals surface area contributed by atoms with Crippen LogP contribution >= 0.6 is 0 Å². The molecule has 114 valence electrons. The third-order valence-electron chi connectivity index (χ3n) is 3.31. The van der Waals surface area contributed by atoms with Crippen LogP contribution in [-0.4, -0.2) is 21.8 Å². The van der Waals surface area contributed by atoms with E-state index in [1.807, 2.05) is 12.1 Å². The van der Waals surface area contributed by atoms with Crippen LogP contribution in [0.3, 0.4) is 0 Å². The van der Waals surface area contributed by atoms with Crippen molar-refractivity contribution in [3.05, 3.63) is 42.0 Å². The van der Waals surface area contributed by atoms with Crippen LogP contribution in [-0.2, 0) is 0 Å². The Balaban J connectivity index is 1.91. The Morgan fingerprint density at radius 3 is 2.38 bits per heavy atom. The Hall–Kier alpha value is -1.88. The Kier molecular flexibility index (Phi) is 5.33. The standard InChI is InChI=1S/C16H24N4O/c1-11(2)9-21-15-7-5-14(6-8-15)12(3)19-13(4)16-17-10-18-20-16/h5-8,10-13,19H,9H2,1-4H3,(H,17,18,20). The molecule has 5 nitrogen and oxygen atoms in total. The Morgan fingerprint density at radius 1 is 1.10 bits per heavy atom. The molecule has 0 bridgehead atoms. The van der Waals surface area contributed by atoms with Gasteiger partial charge in [0.15, 0.2) is 0 Å². The molecule has 0 saturated carbocycles. The van der Waals surface area contributed by atoms with Crippen molar-refractivity contribution >= 4 is 0 Å². The van der Waals surface area contributed by atoms with E-state index < -0.39 is 0 Å². The second kappa shape index (κ2) is 7.22. The zero-order chi connectivity index (χ0) is 15.2. The highest BCUT2D eigenvalue weighted by molar-refractivity contribution is 5.29. The number of benzene rings is 1. The van der Waals surface area contributed by atoms with Crippen LogP contribution < -0.4 is 10.1 Å². The van der Waals surface area contributed by atoms with Gasteiger partial charge in [0.1, 0.15) is 17.9 Å². The van der Waals surface area contributed by atoms with Crippen LogP contribution in [0.2, 0.25) is 0 Å². The Bertz CT molecular complexity index is 522. The fourth-order valence-electron chi connectivity index (χ4n) is 2.09. The highest BCUT2D eigenvalue weighted by atomic mass is 16.5. The lowest BCUT2D eigenvalue weighted by Crippen LogP contribution is -2.23. The molecule has 1 heterocycles. The SMILES string of the molecule is CC(C)COc1ccc(C(C)NC(C)c2ncn[nH]2)cc1. The Labute approximate surface area is 126 Å². The zero-order valence-corrected chi connectivity index (χ0v) is 13.1. The summed E-state index contributed by atoms with van der Waals surface area (Å²) in [6.07, 6.45) is 1.53. The van der Waals surface area contributed by atoms with Gasteiger partial charge in [0.2, 0.25) is 0 Å². The van der Waals surface area contributed by atoms with Gasteiger partial charge in [0.25, 0.3) is 0 Å². The van der Waals surface area contributed by atoms with E-state index in [-0.39, 0.29) is 12.1 Å². The molecule has 0 amide bonds. The largest absolute Gasteiger partial charge is 0.493 e. The van der Waals surface area contributed by atoms with Crippen molar-refractivity contribution in [3.8, 4) is 5.75 Å². The van der Waals surface area contributed by atoms with Crippen LogP contribution in [0, 0.1) is 5.92 Å². The summed E-state index contributed by atoms with van der Waals surface area (Å²) in [6, 6.07) is 8.59. The van der Waals surface area contributed by atoms with Crippen molar-refractivity contribution in [1.29, 1.82) is 0 Å². The molecule has 0 aliphatic rings. The predicted octanol–water partition coefficient (Wildman–Crippen LogP) is 3.25. The molecule has 21 heavy (non-hydrogen) atoms. The number of hydrogen-bond donors (Lipinski definition) is 2. The van der Waals surface area contributed by atoms with Crippen LogP contribution in [0.5, 0.6) is 5.75 Å². The fourth-order valence-corrected chi connectivity index (χ4v) is 2.09. The number of rotatable bonds is 7. The maximum atomic E-state index is 5.70. The van der Waals surface area contributed by atoms with Crippen molar-refractivity contribution in [2.45, 2.75) is 39.8 Å². The van der Waals surface area contributed by atoms with E-state index in [0.717, 1.165) is 18.2 Å². The summed E-state index contributed by atoms with van der Waals surface area (Å²) < 4.78 is 5.70. The van der Waals surface area contributed by atoms with Gasteiger partial charge in [-0.3, -0.25) is 5.10 Å². The molecule has 2 atom stereocenters. The van der Waals surface area contributed by atoms with Gasteiger partial charge in [0.05, 0.1) is 12.6 Å². The lowest BCUT2D eigenvalue weighted by atomic mass is 10.1. The lowest BCUT2D eigenvalue weighted by molar-refractivity contribution is 0.271. The monoisotopic (exact) mass is 288 g/mol. The van der Waals surface area contributed by atoms with Gasteiger partial charge in [0, 0.05) is 6.04 Å². The highest BCUT2D eigenvalue weighted by Crippen LogP contribution is 2.20.